The molecule has 5 nitrogen and oxygen atoms in total. The fourth-order valence-electron chi connectivity index (χ4n) is 3.31. The molecule has 1 N–H and O–H groups in total. The van der Waals surface area contributed by atoms with Crippen LogP contribution in [0.25, 0.3) is 6.08 Å². The lowest BCUT2D eigenvalue weighted by atomic mass is 10.1. The summed E-state index contributed by atoms with van der Waals surface area (Å²) in [5.41, 5.74) is 2.85. The first kappa shape index (κ1) is 24.4. The van der Waals surface area contributed by atoms with Gasteiger partial charge in [-0.25, -0.2) is 0 Å². The van der Waals surface area contributed by atoms with E-state index in [9.17, 15) is 9.59 Å². The quantitative estimate of drug-likeness (QED) is 0.215. The Morgan fingerprint density at radius 1 is 1.09 bits per heavy atom. The van der Waals surface area contributed by atoms with Crippen molar-refractivity contribution in [3.8, 4) is 5.75 Å². The van der Waals surface area contributed by atoms with Gasteiger partial charge in [-0.2, -0.15) is 0 Å². The van der Waals surface area contributed by atoms with Crippen molar-refractivity contribution in [3.05, 3.63) is 97.4 Å². The van der Waals surface area contributed by atoms with Gasteiger partial charge in [0.2, 0.25) is 0 Å². The van der Waals surface area contributed by atoms with E-state index in [1.807, 2.05) is 37.3 Å². The number of amides is 2. The number of hydrogen-bond donors (Lipinski definition) is 1. The number of halogens is 3. The molecule has 0 bridgehead atoms. The maximum absolute atomic E-state index is 13.4. The second kappa shape index (κ2) is 10.3. The van der Waals surface area contributed by atoms with Gasteiger partial charge in [-0.3, -0.25) is 19.8 Å². The van der Waals surface area contributed by atoms with E-state index in [0.29, 0.717) is 17.9 Å². The zero-order valence-electron chi connectivity index (χ0n) is 17.8. The predicted octanol–water partition coefficient (Wildman–Crippen LogP) is 6.47. The molecule has 1 fully saturated rings. The number of benzene rings is 3. The van der Waals surface area contributed by atoms with Gasteiger partial charge in [0.1, 0.15) is 17.9 Å². The Balaban J connectivity index is 1.69. The largest absolute Gasteiger partial charge is 0.488 e. The van der Waals surface area contributed by atoms with Gasteiger partial charge in [-0.15, -0.1) is 0 Å². The van der Waals surface area contributed by atoms with Crippen molar-refractivity contribution in [3.63, 3.8) is 0 Å². The number of rotatable bonds is 5. The Bertz CT molecular complexity index is 1340. The molecule has 1 saturated heterocycles. The summed E-state index contributed by atoms with van der Waals surface area (Å²) in [4.78, 5) is 27.3. The van der Waals surface area contributed by atoms with Gasteiger partial charge in [0.25, 0.3) is 11.8 Å². The van der Waals surface area contributed by atoms with Crippen LogP contribution in [0.3, 0.4) is 0 Å². The minimum Gasteiger partial charge on any atom is -0.488 e. The first-order valence-corrected chi connectivity index (χ1v) is 12.0. The maximum atomic E-state index is 13.4. The van der Waals surface area contributed by atoms with E-state index in [2.05, 4.69) is 21.2 Å². The van der Waals surface area contributed by atoms with E-state index >= 15 is 0 Å². The number of carbonyl (C=O) groups is 2. The molecule has 4 rings (SSSR count). The van der Waals surface area contributed by atoms with Gasteiger partial charge in [0.15, 0.2) is 5.11 Å². The van der Waals surface area contributed by atoms with Crippen LogP contribution < -0.4 is 15.0 Å². The van der Waals surface area contributed by atoms with Crippen molar-refractivity contribution in [1.29, 1.82) is 0 Å². The highest BCUT2D eigenvalue weighted by molar-refractivity contribution is 9.10. The van der Waals surface area contributed by atoms with E-state index in [4.69, 9.17) is 40.2 Å². The van der Waals surface area contributed by atoms with Crippen LogP contribution in [0.2, 0.25) is 10.0 Å². The van der Waals surface area contributed by atoms with Crippen LogP contribution >= 0.6 is 51.3 Å². The maximum Gasteiger partial charge on any atom is 0.270 e. The molecule has 3 aromatic carbocycles. The molecule has 1 heterocycles. The number of ether oxygens (including phenoxy) is 1. The lowest BCUT2D eigenvalue weighted by Gasteiger charge is -2.29. The topological polar surface area (TPSA) is 58.6 Å². The molecule has 9 heteroatoms. The van der Waals surface area contributed by atoms with E-state index in [-0.39, 0.29) is 26.4 Å². The van der Waals surface area contributed by atoms with Gasteiger partial charge in [0.05, 0.1) is 15.7 Å². The van der Waals surface area contributed by atoms with Crippen molar-refractivity contribution in [2.45, 2.75) is 13.5 Å². The standard InChI is InChI=1S/C25H17BrCl2N2O3S/c1-14-5-7-15(8-6-14)13-33-21-10-9-17(26)11-16(21)12-18-23(31)29-25(34)30(24(18)32)20-4-2-3-19(27)22(20)28/h2-12H,13H2,1H3,(H,29,31,34)/b18-12+. The molecular weight excluding hydrogens is 559 g/mol. The summed E-state index contributed by atoms with van der Waals surface area (Å²) in [6.45, 7) is 2.34. The summed E-state index contributed by atoms with van der Waals surface area (Å²) >= 11 is 21.1. The Morgan fingerprint density at radius 2 is 1.82 bits per heavy atom. The van der Waals surface area contributed by atoms with Crippen molar-refractivity contribution >= 4 is 80.0 Å². The summed E-state index contributed by atoms with van der Waals surface area (Å²) in [5, 5.41) is 2.88. The van der Waals surface area contributed by atoms with Crippen molar-refractivity contribution < 1.29 is 14.3 Å². The van der Waals surface area contributed by atoms with Crippen molar-refractivity contribution in [1.82, 2.24) is 5.32 Å². The van der Waals surface area contributed by atoms with Crippen LogP contribution in [0.5, 0.6) is 5.75 Å². The summed E-state index contributed by atoms with van der Waals surface area (Å²) in [7, 11) is 0. The summed E-state index contributed by atoms with van der Waals surface area (Å²) in [6.07, 6.45) is 1.47. The molecule has 0 atom stereocenters. The molecule has 0 radical (unpaired) electrons. The monoisotopic (exact) mass is 574 g/mol. The fourth-order valence-corrected chi connectivity index (χ4v) is 4.34. The molecule has 0 aromatic heterocycles. The zero-order valence-corrected chi connectivity index (χ0v) is 21.7. The number of thiocarbonyl (C=S) groups is 1. The van der Waals surface area contributed by atoms with Crippen LogP contribution in [-0.2, 0) is 16.2 Å². The second-order valence-electron chi connectivity index (χ2n) is 7.49. The van der Waals surface area contributed by atoms with Crippen molar-refractivity contribution in [2.24, 2.45) is 0 Å². The van der Waals surface area contributed by atoms with Crippen LogP contribution in [0.1, 0.15) is 16.7 Å². The molecule has 0 aliphatic carbocycles. The second-order valence-corrected chi connectivity index (χ2v) is 9.57. The highest BCUT2D eigenvalue weighted by Gasteiger charge is 2.36. The minimum absolute atomic E-state index is 0.0820. The van der Waals surface area contributed by atoms with E-state index in [0.717, 1.165) is 20.5 Å². The first-order chi connectivity index (χ1) is 16.2. The summed E-state index contributed by atoms with van der Waals surface area (Å²) < 4.78 is 6.77. The summed E-state index contributed by atoms with van der Waals surface area (Å²) in [6, 6.07) is 18.2. The third-order valence-corrected chi connectivity index (χ3v) is 6.65. The van der Waals surface area contributed by atoms with Gasteiger partial charge in [-0.1, -0.05) is 75.0 Å². The van der Waals surface area contributed by atoms with E-state index in [1.54, 1.807) is 30.3 Å². The molecule has 1 aliphatic rings. The van der Waals surface area contributed by atoms with E-state index < -0.39 is 11.8 Å². The molecular formula is C25H17BrCl2N2O3S. The number of carbonyl (C=O) groups excluding carboxylic acids is 2. The zero-order chi connectivity index (χ0) is 24.4. The molecule has 34 heavy (non-hydrogen) atoms. The number of hydrogen-bond acceptors (Lipinski definition) is 4. The van der Waals surface area contributed by atoms with Gasteiger partial charge in [-0.05, 0) is 61.1 Å². The predicted molar refractivity (Wildman–Crippen MR) is 142 cm³/mol. The SMILES string of the molecule is Cc1ccc(COc2ccc(Br)cc2/C=C2\C(=O)NC(=S)N(c3cccc(Cl)c3Cl)C2=O)cc1. The van der Waals surface area contributed by atoms with Gasteiger partial charge in [0, 0.05) is 10.0 Å². The van der Waals surface area contributed by atoms with Crippen LogP contribution in [0, 0.1) is 6.92 Å². The first-order valence-electron chi connectivity index (χ1n) is 10.1. The van der Waals surface area contributed by atoms with Crippen molar-refractivity contribution in [2.75, 3.05) is 4.90 Å². The molecule has 0 unspecified atom stereocenters. The third-order valence-electron chi connectivity index (χ3n) is 5.06. The number of nitrogens with one attached hydrogen (secondary N) is 1. The Morgan fingerprint density at radius 3 is 2.56 bits per heavy atom. The number of anilines is 1. The van der Waals surface area contributed by atoms with E-state index in [1.165, 1.54) is 6.08 Å². The molecule has 0 saturated carbocycles. The number of nitrogens with zero attached hydrogens (tertiary/aromatic N) is 1. The average Bonchev–Trinajstić information content (AvgIpc) is 2.80. The van der Waals surface area contributed by atoms with Crippen LogP contribution in [-0.4, -0.2) is 16.9 Å². The third kappa shape index (κ3) is 5.18. The minimum atomic E-state index is -0.623. The Labute approximate surface area is 220 Å². The molecule has 3 aromatic rings. The molecule has 1 aliphatic heterocycles. The van der Waals surface area contributed by atoms with Gasteiger partial charge >= 0.3 is 0 Å². The normalized spacial score (nSPS) is 15.0. The van der Waals surface area contributed by atoms with Gasteiger partial charge < -0.3 is 4.74 Å². The lowest BCUT2D eigenvalue weighted by molar-refractivity contribution is -0.122. The smallest absolute Gasteiger partial charge is 0.270 e. The summed E-state index contributed by atoms with van der Waals surface area (Å²) in [5.74, 6) is -0.728. The highest BCUT2D eigenvalue weighted by Crippen LogP contribution is 2.35. The Hall–Kier alpha value is -2.71. The molecule has 2 amide bonds. The number of aryl methyl sites for hydroxylation is 1. The Kier molecular flexibility index (Phi) is 7.38. The van der Waals surface area contributed by atoms with Crippen LogP contribution in [0.15, 0.2) is 70.7 Å². The molecule has 172 valence electrons. The average molecular weight is 576 g/mol. The fraction of sp³-hybridized carbons (Fsp3) is 0.0800. The van der Waals surface area contributed by atoms with Crippen LogP contribution in [0.4, 0.5) is 5.69 Å². The lowest BCUT2D eigenvalue weighted by Crippen LogP contribution is -2.54. The molecule has 0 spiro atoms. The highest BCUT2D eigenvalue weighted by atomic mass is 79.9.